The van der Waals surface area contributed by atoms with Gasteiger partial charge in [0, 0.05) is 22.7 Å². The Hall–Kier alpha value is -3.02. The number of halogens is 2. The lowest BCUT2D eigenvalue weighted by atomic mass is 9.89. The molecule has 0 radical (unpaired) electrons. The van der Waals surface area contributed by atoms with Crippen molar-refractivity contribution in [3.05, 3.63) is 93.0 Å². The number of urea groups is 1. The number of nitrogens with zero attached hydrogens (tertiary/aromatic N) is 1. The molecule has 1 heterocycles. The van der Waals surface area contributed by atoms with Gasteiger partial charge in [0.2, 0.25) is 0 Å². The summed E-state index contributed by atoms with van der Waals surface area (Å²) < 4.78 is 0. The fraction of sp³-hybridized carbons (Fsp3) is 0.167. The van der Waals surface area contributed by atoms with Crippen LogP contribution in [0.3, 0.4) is 0 Å². The van der Waals surface area contributed by atoms with Crippen LogP contribution in [0, 0.1) is 13.8 Å². The van der Waals surface area contributed by atoms with Gasteiger partial charge in [-0.25, -0.2) is 10.2 Å². The molecular formula is C24H22Cl2N4O. The minimum atomic E-state index is -0.476. The van der Waals surface area contributed by atoms with Crippen LogP contribution in [-0.2, 0) is 0 Å². The lowest BCUT2D eigenvalue weighted by molar-refractivity contribution is 0.252. The second kappa shape index (κ2) is 9.00. The third-order valence-corrected chi connectivity index (χ3v) is 5.79. The molecule has 0 aromatic heterocycles. The van der Waals surface area contributed by atoms with Gasteiger partial charge in [0.15, 0.2) is 0 Å². The van der Waals surface area contributed by atoms with E-state index in [9.17, 15) is 4.79 Å². The molecule has 5 nitrogen and oxygen atoms in total. The number of nitrogens with one attached hydrogen (secondary N) is 3. The second-order valence-electron chi connectivity index (χ2n) is 7.56. The number of para-hydroxylation sites is 1. The number of rotatable bonds is 3. The van der Waals surface area contributed by atoms with Gasteiger partial charge in [0.1, 0.15) is 0 Å². The second-order valence-corrected chi connectivity index (χ2v) is 8.40. The van der Waals surface area contributed by atoms with Crippen LogP contribution in [0.5, 0.6) is 0 Å². The average molecular weight is 453 g/mol. The van der Waals surface area contributed by atoms with E-state index in [0.717, 1.165) is 17.0 Å². The van der Waals surface area contributed by atoms with E-state index in [4.69, 9.17) is 23.2 Å². The molecular weight excluding hydrogens is 431 g/mol. The van der Waals surface area contributed by atoms with Crippen molar-refractivity contribution in [1.29, 1.82) is 0 Å². The summed E-state index contributed by atoms with van der Waals surface area (Å²) >= 11 is 12.0. The van der Waals surface area contributed by atoms with Gasteiger partial charge in [0.05, 0.1) is 22.5 Å². The number of amides is 2. The summed E-state index contributed by atoms with van der Waals surface area (Å²) in [5.41, 5.74) is 9.48. The Bertz CT molecular complexity index is 1180. The highest BCUT2D eigenvalue weighted by atomic mass is 35.5. The first-order valence-corrected chi connectivity index (χ1v) is 10.7. The number of aryl methyl sites for hydroxylation is 2. The van der Waals surface area contributed by atoms with Crippen LogP contribution in [-0.4, -0.2) is 11.7 Å². The largest absolute Gasteiger partial charge is 0.377 e. The van der Waals surface area contributed by atoms with E-state index in [-0.39, 0.29) is 6.04 Å². The molecule has 1 aliphatic heterocycles. The summed E-state index contributed by atoms with van der Waals surface area (Å²) in [4.78, 5) is 12.4. The maximum Gasteiger partial charge on any atom is 0.339 e. The molecule has 7 heteroatoms. The lowest BCUT2D eigenvalue weighted by Crippen LogP contribution is -2.29. The number of carbonyl (C=O) groups excluding carboxylic acids is 1. The molecule has 3 aromatic rings. The highest BCUT2D eigenvalue weighted by molar-refractivity contribution is 6.36. The molecule has 0 saturated heterocycles. The van der Waals surface area contributed by atoms with Crippen molar-refractivity contribution in [2.75, 3.05) is 10.6 Å². The Morgan fingerprint density at radius 2 is 1.87 bits per heavy atom. The van der Waals surface area contributed by atoms with E-state index < -0.39 is 6.03 Å². The number of benzene rings is 3. The van der Waals surface area contributed by atoms with Crippen LogP contribution < -0.4 is 16.1 Å². The van der Waals surface area contributed by atoms with Crippen LogP contribution in [0.4, 0.5) is 16.2 Å². The standard InChI is InChI=1S/C24H22Cl2N4O/c1-14-7-9-17(15(2)11-14)22-13-23(18-5-3-4-6-20(18)27-22)29-30-24(31)28-21-10-8-16(25)12-19(21)26/h3-12,22,27H,13H2,1-2H3,(H2,28,30,31). The summed E-state index contributed by atoms with van der Waals surface area (Å²) in [5.74, 6) is 0. The van der Waals surface area contributed by atoms with E-state index in [2.05, 4.69) is 53.2 Å². The summed E-state index contributed by atoms with van der Waals surface area (Å²) in [7, 11) is 0. The summed E-state index contributed by atoms with van der Waals surface area (Å²) in [6, 6.07) is 18.9. The number of anilines is 2. The highest BCUT2D eigenvalue weighted by Crippen LogP contribution is 2.34. The molecule has 3 N–H and O–H groups in total. The third kappa shape index (κ3) is 4.84. The van der Waals surface area contributed by atoms with Gasteiger partial charge in [0.25, 0.3) is 0 Å². The Morgan fingerprint density at radius 3 is 2.65 bits per heavy atom. The molecule has 0 bridgehead atoms. The topological polar surface area (TPSA) is 65.5 Å². The number of hydrogen-bond acceptors (Lipinski definition) is 3. The van der Waals surface area contributed by atoms with E-state index in [0.29, 0.717) is 22.2 Å². The van der Waals surface area contributed by atoms with Gasteiger partial charge in [-0.3, -0.25) is 0 Å². The summed E-state index contributed by atoms with van der Waals surface area (Å²) in [6.45, 7) is 4.20. The van der Waals surface area contributed by atoms with Crippen LogP contribution in [0.15, 0.2) is 65.8 Å². The molecule has 0 saturated carbocycles. The van der Waals surface area contributed by atoms with Crippen molar-refractivity contribution in [1.82, 2.24) is 5.43 Å². The number of hydrazone groups is 1. The Labute approximate surface area is 191 Å². The first kappa shape index (κ1) is 21.2. The summed E-state index contributed by atoms with van der Waals surface area (Å²) in [5, 5.41) is 11.6. The zero-order valence-corrected chi connectivity index (χ0v) is 18.7. The molecule has 1 unspecified atom stereocenters. The number of carbonyl (C=O) groups is 1. The predicted molar refractivity (Wildman–Crippen MR) is 128 cm³/mol. The van der Waals surface area contributed by atoms with Gasteiger partial charge in [-0.2, -0.15) is 5.10 Å². The molecule has 0 aliphatic carbocycles. The van der Waals surface area contributed by atoms with Crippen LogP contribution >= 0.6 is 23.2 Å². The van der Waals surface area contributed by atoms with Crippen LogP contribution in [0.25, 0.3) is 0 Å². The highest BCUT2D eigenvalue weighted by Gasteiger charge is 2.25. The molecule has 2 amide bonds. The average Bonchev–Trinajstić information content (AvgIpc) is 2.74. The molecule has 158 valence electrons. The zero-order chi connectivity index (χ0) is 22.0. The van der Waals surface area contributed by atoms with Gasteiger partial charge in [-0.05, 0) is 49.2 Å². The fourth-order valence-corrected chi connectivity index (χ4v) is 4.23. The van der Waals surface area contributed by atoms with Crippen LogP contribution in [0.1, 0.15) is 34.7 Å². The SMILES string of the molecule is Cc1ccc(C2CC(=NNC(=O)Nc3ccc(Cl)cc3Cl)c3ccccc3N2)c(C)c1. The lowest BCUT2D eigenvalue weighted by Gasteiger charge is -2.29. The molecule has 31 heavy (non-hydrogen) atoms. The normalized spacial score (nSPS) is 16.4. The molecule has 1 atom stereocenters. The van der Waals surface area contributed by atoms with E-state index in [1.54, 1.807) is 18.2 Å². The van der Waals surface area contributed by atoms with Crippen molar-refractivity contribution >= 4 is 46.3 Å². The zero-order valence-electron chi connectivity index (χ0n) is 17.2. The third-order valence-electron chi connectivity index (χ3n) is 5.24. The molecule has 0 spiro atoms. The monoisotopic (exact) mass is 452 g/mol. The van der Waals surface area contributed by atoms with Crippen molar-refractivity contribution in [2.45, 2.75) is 26.3 Å². The first-order valence-electron chi connectivity index (χ1n) is 9.92. The fourth-order valence-electron chi connectivity index (χ4n) is 3.77. The van der Waals surface area contributed by atoms with E-state index >= 15 is 0 Å². The number of fused-ring (bicyclic) bond motifs is 1. The maximum atomic E-state index is 12.4. The van der Waals surface area contributed by atoms with E-state index in [1.165, 1.54) is 16.7 Å². The molecule has 1 aliphatic rings. The van der Waals surface area contributed by atoms with Gasteiger partial charge in [-0.15, -0.1) is 0 Å². The van der Waals surface area contributed by atoms with E-state index in [1.807, 2.05) is 24.3 Å². The minimum Gasteiger partial charge on any atom is -0.377 e. The van der Waals surface area contributed by atoms with Crippen molar-refractivity contribution in [3.8, 4) is 0 Å². The van der Waals surface area contributed by atoms with Crippen LogP contribution in [0.2, 0.25) is 10.0 Å². The Morgan fingerprint density at radius 1 is 1.06 bits per heavy atom. The van der Waals surface area contributed by atoms with Crippen molar-refractivity contribution in [2.24, 2.45) is 5.10 Å². The first-order chi connectivity index (χ1) is 14.9. The molecule has 3 aromatic carbocycles. The van der Waals surface area contributed by atoms with Gasteiger partial charge < -0.3 is 10.6 Å². The summed E-state index contributed by atoms with van der Waals surface area (Å²) in [6.07, 6.45) is 0.642. The minimum absolute atomic E-state index is 0.0600. The molecule has 0 fully saturated rings. The Balaban J connectivity index is 1.57. The van der Waals surface area contributed by atoms with Crippen molar-refractivity contribution < 1.29 is 4.79 Å². The number of hydrogen-bond donors (Lipinski definition) is 3. The molecule has 4 rings (SSSR count). The quantitative estimate of drug-likeness (QED) is 0.387. The van der Waals surface area contributed by atoms with Crippen molar-refractivity contribution in [3.63, 3.8) is 0 Å². The predicted octanol–water partition coefficient (Wildman–Crippen LogP) is 6.69. The van der Waals surface area contributed by atoms with Gasteiger partial charge in [-0.1, -0.05) is 65.2 Å². The maximum absolute atomic E-state index is 12.4. The Kier molecular flexibility index (Phi) is 6.16. The van der Waals surface area contributed by atoms with Gasteiger partial charge >= 0.3 is 6.03 Å². The smallest absolute Gasteiger partial charge is 0.339 e.